The Morgan fingerprint density at radius 1 is 1.11 bits per heavy atom. The first-order valence-electron chi connectivity index (χ1n) is 12.4. The van der Waals surface area contributed by atoms with Crippen LogP contribution in [0.15, 0.2) is 34.3 Å². The van der Waals surface area contributed by atoms with Crippen LogP contribution in [0.1, 0.15) is 66.2 Å². The van der Waals surface area contributed by atoms with Gasteiger partial charge in [0.15, 0.2) is 0 Å². The molecule has 2 rings (SSSR count). The molecular weight excluding hydrogens is 466 g/mol. The van der Waals surface area contributed by atoms with E-state index in [4.69, 9.17) is 0 Å². The quantitative estimate of drug-likeness (QED) is 0.310. The van der Waals surface area contributed by atoms with Crippen molar-refractivity contribution in [2.75, 3.05) is 18.5 Å². The fourth-order valence-corrected chi connectivity index (χ4v) is 5.02. The number of rotatable bonds is 13. The first-order chi connectivity index (χ1) is 16.7. The Morgan fingerprint density at radius 2 is 1.77 bits per heavy atom. The lowest BCUT2D eigenvalue weighted by Gasteiger charge is -2.32. The zero-order valence-corrected chi connectivity index (χ0v) is 21.9. The summed E-state index contributed by atoms with van der Waals surface area (Å²) in [5.41, 5.74) is 3.36. The van der Waals surface area contributed by atoms with E-state index in [2.05, 4.69) is 29.1 Å². The molecule has 1 fully saturated rings. The van der Waals surface area contributed by atoms with E-state index in [0.29, 0.717) is 24.6 Å². The van der Waals surface area contributed by atoms with Crippen molar-refractivity contribution in [1.29, 1.82) is 5.26 Å². The van der Waals surface area contributed by atoms with Crippen molar-refractivity contribution in [3.05, 3.63) is 24.3 Å². The molecule has 3 unspecified atom stereocenters. The first-order valence-corrected chi connectivity index (χ1v) is 13.9. The van der Waals surface area contributed by atoms with Gasteiger partial charge in [0.1, 0.15) is 11.6 Å². The van der Waals surface area contributed by atoms with Crippen LogP contribution in [-0.4, -0.2) is 43.9 Å². The van der Waals surface area contributed by atoms with Crippen molar-refractivity contribution in [2.24, 2.45) is 22.9 Å². The maximum absolute atomic E-state index is 12.9. The maximum Gasteiger partial charge on any atom is 0.277 e. The Kier molecular flexibility index (Phi) is 10.9. The molecule has 0 spiro atoms. The van der Waals surface area contributed by atoms with Crippen LogP contribution in [0.2, 0.25) is 0 Å². The summed E-state index contributed by atoms with van der Waals surface area (Å²) in [6, 6.07) is 8.06. The lowest BCUT2D eigenvalue weighted by Crippen LogP contribution is -2.54. The largest absolute Gasteiger partial charge is 0.278 e. The van der Waals surface area contributed by atoms with Gasteiger partial charge in [-0.25, -0.2) is 13.1 Å². The van der Waals surface area contributed by atoms with Crippen LogP contribution in [0.4, 0.5) is 5.69 Å². The molecule has 0 aliphatic carbocycles. The van der Waals surface area contributed by atoms with Crippen LogP contribution in [0, 0.1) is 29.1 Å². The van der Waals surface area contributed by atoms with Crippen LogP contribution in [0.3, 0.4) is 0 Å². The van der Waals surface area contributed by atoms with Gasteiger partial charge in [-0.1, -0.05) is 53.4 Å². The number of benzene rings is 1. The van der Waals surface area contributed by atoms with Crippen LogP contribution in [0.25, 0.3) is 0 Å². The number of amides is 2. The van der Waals surface area contributed by atoms with Crippen molar-refractivity contribution in [3.63, 3.8) is 0 Å². The molecule has 35 heavy (non-hydrogen) atoms. The standard InChI is InChI=1S/C25H37N5O4S/c1-5-8-10-19(7-3)17-27-35(33,34)21-13-11-20(12-14-21)28-29-23-18(4)22(16-26)24(31)30(25(23)32)15-9-6-2/h11-14,18-19,22,27-28H,5-10,15,17H2,1-4H3. The van der Waals surface area contributed by atoms with Gasteiger partial charge in [-0.3, -0.25) is 19.9 Å². The summed E-state index contributed by atoms with van der Waals surface area (Å²) < 4.78 is 28.1. The number of nitrogens with zero attached hydrogens (tertiary/aromatic N) is 3. The number of imide groups is 1. The van der Waals surface area contributed by atoms with Crippen molar-refractivity contribution < 1.29 is 18.0 Å². The molecule has 3 atom stereocenters. The summed E-state index contributed by atoms with van der Waals surface area (Å²) in [7, 11) is -3.64. The SMILES string of the molecule is CCCCC(CC)CNS(=O)(=O)c1ccc(NN=C2C(=O)N(CCCC)C(=O)C(C#N)C2C)cc1. The number of nitriles is 1. The average molecular weight is 504 g/mol. The van der Waals surface area contributed by atoms with Gasteiger partial charge in [0, 0.05) is 19.0 Å². The van der Waals surface area contributed by atoms with Gasteiger partial charge in [-0.05, 0) is 43.0 Å². The van der Waals surface area contributed by atoms with Crippen LogP contribution < -0.4 is 10.1 Å². The molecule has 1 heterocycles. The minimum Gasteiger partial charge on any atom is -0.278 e. The highest BCUT2D eigenvalue weighted by molar-refractivity contribution is 7.89. The molecule has 1 aliphatic heterocycles. The molecule has 1 saturated heterocycles. The third kappa shape index (κ3) is 7.36. The second-order valence-corrected chi connectivity index (χ2v) is 10.7. The van der Waals surface area contributed by atoms with E-state index >= 15 is 0 Å². The lowest BCUT2D eigenvalue weighted by atomic mass is 9.85. The van der Waals surface area contributed by atoms with Gasteiger partial charge >= 0.3 is 0 Å². The molecule has 0 aromatic heterocycles. The molecule has 1 aliphatic rings. The molecule has 0 saturated carbocycles. The van der Waals surface area contributed by atoms with Gasteiger partial charge in [0.05, 0.1) is 16.7 Å². The van der Waals surface area contributed by atoms with E-state index in [1.165, 1.54) is 12.1 Å². The van der Waals surface area contributed by atoms with Crippen molar-refractivity contribution >= 4 is 33.2 Å². The molecule has 10 heteroatoms. The van der Waals surface area contributed by atoms with E-state index in [0.717, 1.165) is 37.0 Å². The van der Waals surface area contributed by atoms with E-state index in [9.17, 15) is 23.3 Å². The third-order valence-electron chi connectivity index (χ3n) is 6.38. The van der Waals surface area contributed by atoms with E-state index in [1.807, 2.05) is 13.0 Å². The maximum atomic E-state index is 12.9. The van der Waals surface area contributed by atoms with E-state index in [1.54, 1.807) is 19.1 Å². The Morgan fingerprint density at radius 3 is 2.34 bits per heavy atom. The van der Waals surface area contributed by atoms with Gasteiger partial charge in [0.25, 0.3) is 5.91 Å². The number of piperidine rings is 1. The fourth-order valence-electron chi connectivity index (χ4n) is 3.90. The van der Waals surface area contributed by atoms with Gasteiger partial charge in [-0.2, -0.15) is 10.4 Å². The molecule has 9 nitrogen and oxygen atoms in total. The summed E-state index contributed by atoms with van der Waals surface area (Å²) in [6.45, 7) is 8.41. The minimum atomic E-state index is -3.64. The number of sulfonamides is 1. The summed E-state index contributed by atoms with van der Waals surface area (Å²) in [6.07, 6.45) is 5.50. The fraction of sp³-hybridized carbons (Fsp3) is 0.600. The Bertz CT molecular complexity index is 1050. The predicted octanol–water partition coefficient (Wildman–Crippen LogP) is 3.89. The van der Waals surface area contributed by atoms with Crippen molar-refractivity contribution in [2.45, 2.75) is 71.1 Å². The molecule has 0 bridgehead atoms. The van der Waals surface area contributed by atoms with E-state index < -0.39 is 33.7 Å². The monoisotopic (exact) mass is 503 g/mol. The topological polar surface area (TPSA) is 132 Å². The predicted molar refractivity (Wildman–Crippen MR) is 136 cm³/mol. The van der Waals surface area contributed by atoms with Gasteiger partial charge < -0.3 is 0 Å². The smallest absolute Gasteiger partial charge is 0.277 e. The highest BCUT2D eigenvalue weighted by Crippen LogP contribution is 2.24. The van der Waals surface area contributed by atoms with Gasteiger partial charge in [0.2, 0.25) is 15.9 Å². The highest BCUT2D eigenvalue weighted by Gasteiger charge is 2.44. The second kappa shape index (κ2) is 13.4. The Hall–Kier alpha value is -2.77. The van der Waals surface area contributed by atoms with E-state index in [-0.39, 0.29) is 17.2 Å². The number of nitrogens with one attached hydrogen (secondary N) is 2. The number of hydrazone groups is 1. The summed E-state index contributed by atoms with van der Waals surface area (Å²) in [4.78, 5) is 26.7. The summed E-state index contributed by atoms with van der Waals surface area (Å²) in [5, 5.41) is 13.7. The van der Waals surface area contributed by atoms with Crippen LogP contribution in [-0.2, 0) is 19.6 Å². The molecule has 2 N–H and O–H groups in total. The second-order valence-electron chi connectivity index (χ2n) is 8.95. The highest BCUT2D eigenvalue weighted by atomic mass is 32.2. The molecule has 1 aromatic rings. The molecule has 192 valence electrons. The Labute approximate surface area is 209 Å². The van der Waals surface area contributed by atoms with Crippen LogP contribution in [0.5, 0.6) is 0 Å². The average Bonchev–Trinajstić information content (AvgIpc) is 2.84. The van der Waals surface area contributed by atoms with Crippen LogP contribution >= 0.6 is 0 Å². The summed E-state index contributed by atoms with van der Waals surface area (Å²) in [5.74, 6) is -2.33. The zero-order valence-electron chi connectivity index (χ0n) is 21.1. The first kappa shape index (κ1) is 28.5. The molecule has 0 radical (unpaired) electrons. The van der Waals surface area contributed by atoms with Gasteiger partial charge in [-0.15, -0.1) is 0 Å². The number of likely N-dealkylation sites (tertiary alicyclic amines) is 1. The number of carbonyl (C=O) groups excluding carboxylic acids is 2. The van der Waals surface area contributed by atoms with Crippen molar-refractivity contribution in [1.82, 2.24) is 9.62 Å². The molecule has 2 amide bonds. The zero-order chi connectivity index (χ0) is 26.0. The minimum absolute atomic E-state index is 0.100. The van der Waals surface area contributed by atoms with Crippen molar-refractivity contribution in [3.8, 4) is 6.07 Å². The third-order valence-corrected chi connectivity index (χ3v) is 7.82. The number of carbonyl (C=O) groups is 2. The molecular formula is C25H37N5O4S. The summed E-state index contributed by atoms with van der Waals surface area (Å²) >= 11 is 0. The lowest BCUT2D eigenvalue weighted by molar-refractivity contribution is -0.145. The Balaban J connectivity index is 2.12. The number of hydrogen-bond donors (Lipinski definition) is 2. The normalized spacial score (nSPS) is 20.7. The number of hydrogen-bond acceptors (Lipinski definition) is 7. The number of unbranched alkanes of at least 4 members (excludes halogenated alkanes) is 2. The number of anilines is 1. The molecule has 1 aromatic carbocycles.